The molecule has 6 heteroatoms. The molecule has 1 N–H and O–H groups in total. The molecule has 1 aromatic heterocycles. The van der Waals surface area contributed by atoms with Gasteiger partial charge in [0, 0.05) is 35.0 Å². The Bertz CT molecular complexity index is 883. The number of halogens is 2. The van der Waals surface area contributed by atoms with Crippen LogP contribution in [0.25, 0.3) is 10.9 Å². The van der Waals surface area contributed by atoms with Crippen LogP contribution in [0.4, 0.5) is 4.39 Å². The largest absolute Gasteiger partial charge is 0.361 e. The zero-order chi connectivity index (χ0) is 18.5. The minimum atomic E-state index is -0.386. The number of aromatic nitrogens is 1. The Morgan fingerprint density at radius 2 is 2.08 bits per heavy atom. The predicted molar refractivity (Wildman–Crippen MR) is 113 cm³/mol. The number of H-pyrrole nitrogens is 1. The molecule has 1 atom stereocenters. The Hall–Kier alpha value is -1.14. The molecule has 2 nitrogen and oxygen atoms in total. The second-order valence-corrected chi connectivity index (χ2v) is 7.86. The van der Waals surface area contributed by atoms with Gasteiger partial charge in [0.1, 0.15) is 5.82 Å². The van der Waals surface area contributed by atoms with Gasteiger partial charge in [0.25, 0.3) is 0 Å². The molecule has 0 aliphatic rings. The van der Waals surface area contributed by atoms with Crippen molar-refractivity contribution >= 4 is 46.3 Å². The molecule has 0 aliphatic heterocycles. The summed E-state index contributed by atoms with van der Waals surface area (Å²) in [5, 5.41) is 1.33. The molecule has 26 heavy (non-hydrogen) atoms. The van der Waals surface area contributed by atoms with Crippen LogP contribution in [0.2, 0.25) is 5.02 Å². The van der Waals surface area contributed by atoms with Crippen molar-refractivity contribution < 1.29 is 8.57 Å². The van der Waals surface area contributed by atoms with E-state index in [9.17, 15) is 4.39 Å². The van der Waals surface area contributed by atoms with Crippen molar-refractivity contribution in [2.75, 3.05) is 19.1 Å². The minimum absolute atomic E-state index is 0.0344. The third-order valence-electron chi connectivity index (χ3n) is 4.46. The first-order valence-corrected chi connectivity index (χ1v) is 11.3. The maximum absolute atomic E-state index is 14.1. The van der Waals surface area contributed by atoms with E-state index in [0.29, 0.717) is 6.61 Å². The molecule has 0 fully saturated rings. The molecular weight excluding hydrogens is 389 g/mol. The number of hydrogen-bond acceptors (Lipinski definition) is 3. The Morgan fingerprint density at radius 1 is 1.23 bits per heavy atom. The molecule has 0 bridgehead atoms. The highest BCUT2D eigenvalue weighted by Crippen LogP contribution is 2.36. The fourth-order valence-corrected chi connectivity index (χ4v) is 4.22. The number of rotatable bonds is 8. The summed E-state index contributed by atoms with van der Waals surface area (Å²) in [6, 6.07) is 11.4. The highest BCUT2D eigenvalue weighted by Gasteiger charge is 2.20. The normalized spacial score (nSPS) is 12.6. The summed E-state index contributed by atoms with van der Waals surface area (Å²) in [6.07, 6.45) is 6.81. The van der Waals surface area contributed by atoms with Gasteiger partial charge in [0.05, 0.1) is 11.6 Å². The first-order chi connectivity index (χ1) is 12.7. The van der Waals surface area contributed by atoms with Crippen LogP contribution in [0.1, 0.15) is 29.0 Å². The van der Waals surface area contributed by atoms with Crippen LogP contribution in [0.5, 0.6) is 0 Å². The molecule has 138 valence electrons. The Labute approximate surface area is 167 Å². The smallest absolute Gasteiger partial charge is 0.142 e. The van der Waals surface area contributed by atoms with Crippen molar-refractivity contribution in [3.05, 3.63) is 70.1 Å². The molecule has 1 unspecified atom stereocenters. The van der Waals surface area contributed by atoms with Gasteiger partial charge in [0.2, 0.25) is 0 Å². The summed E-state index contributed by atoms with van der Waals surface area (Å²) in [5.41, 5.74) is 4.51. The van der Waals surface area contributed by atoms with Gasteiger partial charge in [0.15, 0.2) is 0 Å². The second-order valence-electron chi connectivity index (χ2n) is 6.02. The number of para-hydroxylation sites is 1. The Kier molecular flexibility index (Phi) is 6.92. The number of benzene rings is 2. The number of aromatic amines is 1. The maximum atomic E-state index is 14.1. The number of nitrogens with one attached hydrogen (secondary N) is 1. The second kappa shape index (κ2) is 9.18. The average Bonchev–Trinajstić information content (AvgIpc) is 3.06. The minimum Gasteiger partial charge on any atom is -0.361 e. The van der Waals surface area contributed by atoms with E-state index < -0.39 is 0 Å². The summed E-state index contributed by atoms with van der Waals surface area (Å²) in [7, 11) is 0. The lowest BCUT2D eigenvalue weighted by atomic mass is 9.88. The lowest BCUT2D eigenvalue weighted by Crippen LogP contribution is -2.05. The average molecular weight is 410 g/mol. The van der Waals surface area contributed by atoms with E-state index in [2.05, 4.69) is 29.4 Å². The standard InChI is InChI=1S/C20H21ClFNOS2/c1-25-12-14-4-3-5-16-17(11-23-20(14)16)15(8-9-24-26-2)13-6-7-18(21)19(22)10-13/h3-7,10-11,15,23H,8-9,12H2,1-2H3. The molecule has 2 aromatic carbocycles. The zero-order valence-corrected chi connectivity index (χ0v) is 17.1. The van der Waals surface area contributed by atoms with Crippen LogP contribution in [-0.4, -0.2) is 24.1 Å². The summed E-state index contributed by atoms with van der Waals surface area (Å²) in [4.78, 5) is 3.43. The quantitative estimate of drug-likeness (QED) is 0.333. The van der Waals surface area contributed by atoms with Gasteiger partial charge in [-0.15, -0.1) is 0 Å². The van der Waals surface area contributed by atoms with Gasteiger partial charge in [-0.3, -0.25) is 0 Å². The Morgan fingerprint density at radius 3 is 2.81 bits per heavy atom. The third-order valence-corrected chi connectivity index (χ3v) is 5.77. The molecule has 0 aliphatic carbocycles. The molecule has 3 rings (SSSR count). The first-order valence-electron chi connectivity index (χ1n) is 8.34. The molecule has 0 spiro atoms. The van der Waals surface area contributed by atoms with Crippen molar-refractivity contribution in [2.24, 2.45) is 0 Å². The monoisotopic (exact) mass is 409 g/mol. The highest BCUT2D eigenvalue weighted by atomic mass is 35.5. The van der Waals surface area contributed by atoms with Crippen molar-refractivity contribution in [1.29, 1.82) is 0 Å². The van der Waals surface area contributed by atoms with E-state index >= 15 is 0 Å². The van der Waals surface area contributed by atoms with Crippen LogP contribution in [-0.2, 0) is 9.94 Å². The lowest BCUT2D eigenvalue weighted by molar-refractivity contribution is 0.357. The third kappa shape index (κ3) is 4.22. The topological polar surface area (TPSA) is 25.0 Å². The number of fused-ring (bicyclic) bond motifs is 1. The summed E-state index contributed by atoms with van der Waals surface area (Å²) < 4.78 is 19.6. The van der Waals surface area contributed by atoms with E-state index in [1.165, 1.54) is 29.1 Å². The van der Waals surface area contributed by atoms with Gasteiger partial charge < -0.3 is 9.17 Å². The van der Waals surface area contributed by atoms with Gasteiger partial charge >= 0.3 is 0 Å². The van der Waals surface area contributed by atoms with Crippen LogP contribution < -0.4 is 0 Å². The molecule has 0 radical (unpaired) electrons. The molecule has 0 amide bonds. The van der Waals surface area contributed by atoms with E-state index in [0.717, 1.165) is 28.8 Å². The van der Waals surface area contributed by atoms with Crippen molar-refractivity contribution in [2.45, 2.75) is 18.1 Å². The van der Waals surface area contributed by atoms with Crippen molar-refractivity contribution in [3.63, 3.8) is 0 Å². The van der Waals surface area contributed by atoms with Gasteiger partial charge in [-0.1, -0.05) is 35.9 Å². The van der Waals surface area contributed by atoms with Crippen LogP contribution in [0.3, 0.4) is 0 Å². The van der Waals surface area contributed by atoms with E-state index in [4.69, 9.17) is 15.8 Å². The first kappa shape index (κ1) is 19.6. The summed E-state index contributed by atoms with van der Waals surface area (Å²) in [5.74, 6) is 0.600. The van der Waals surface area contributed by atoms with Crippen molar-refractivity contribution in [3.8, 4) is 0 Å². The zero-order valence-electron chi connectivity index (χ0n) is 14.7. The highest BCUT2D eigenvalue weighted by molar-refractivity contribution is 7.97. The number of hydrogen-bond donors (Lipinski definition) is 1. The SMILES string of the molecule is CSCc1cccc2c(C(CCOSC)c3ccc(Cl)c(F)c3)c[nH]c12. The summed E-state index contributed by atoms with van der Waals surface area (Å²) in [6.45, 7) is 0.591. The van der Waals surface area contributed by atoms with E-state index in [1.54, 1.807) is 17.8 Å². The van der Waals surface area contributed by atoms with Crippen LogP contribution in [0.15, 0.2) is 42.6 Å². The predicted octanol–water partition coefficient (Wildman–Crippen LogP) is 6.64. The number of thioether (sulfide) groups is 1. The molecule has 3 aromatic rings. The van der Waals surface area contributed by atoms with Crippen LogP contribution in [0, 0.1) is 5.82 Å². The molecule has 1 heterocycles. The fourth-order valence-electron chi connectivity index (χ4n) is 3.28. The van der Waals surface area contributed by atoms with Gasteiger partial charge in [-0.2, -0.15) is 11.8 Å². The molecule has 0 saturated carbocycles. The fraction of sp³-hybridized carbons (Fsp3) is 0.300. The van der Waals surface area contributed by atoms with Gasteiger partial charge in [-0.25, -0.2) is 4.39 Å². The molecule has 0 saturated heterocycles. The lowest BCUT2D eigenvalue weighted by Gasteiger charge is -2.17. The van der Waals surface area contributed by atoms with E-state index in [1.807, 2.05) is 18.5 Å². The Balaban J connectivity index is 2.05. The molecular formula is C20H21ClFNOS2. The summed E-state index contributed by atoms with van der Waals surface area (Å²) >= 11 is 9.02. The van der Waals surface area contributed by atoms with Crippen LogP contribution >= 0.6 is 35.4 Å². The van der Waals surface area contributed by atoms with E-state index in [-0.39, 0.29) is 16.8 Å². The van der Waals surface area contributed by atoms with Crippen molar-refractivity contribution in [1.82, 2.24) is 4.98 Å². The van der Waals surface area contributed by atoms with Gasteiger partial charge in [-0.05, 0) is 53.5 Å². The maximum Gasteiger partial charge on any atom is 0.142 e.